The van der Waals surface area contributed by atoms with Crippen LogP contribution in [-0.2, 0) is 28.8 Å². The molecule has 0 saturated carbocycles. The van der Waals surface area contributed by atoms with Crippen LogP contribution in [0.1, 0.15) is 23.6 Å². The Balaban J connectivity index is 1.83. The monoisotopic (exact) mass is 282 g/mol. The van der Waals surface area contributed by atoms with Crippen LogP contribution in [0.3, 0.4) is 0 Å². The molecule has 0 aliphatic carbocycles. The first-order valence-corrected chi connectivity index (χ1v) is 7.29. The van der Waals surface area contributed by atoms with Gasteiger partial charge in [0.15, 0.2) is 0 Å². The van der Waals surface area contributed by atoms with E-state index in [-0.39, 0.29) is 5.97 Å². The van der Waals surface area contributed by atoms with Crippen molar-refractivity contribution in [1.29, 1.82) is 0 Å². The number of hydrogen-bond donors (Lipinski definition) is 0. The summed E-state index contributed by atoms with van der Waals surface area (Å²) in [5.41, 5.74) is 3.34. The van der Waals surface area contributed by atoms with Gasteiger partial charge < -0.3 is 9.47 Å². The summed E-state index contributed by atoms with van der Waals surface area (Å²) in [5, 5.41) is 0. The van der Waals surface area contributed by atoms with Crippen LogP contribution in [-0.4, -0.2) is 12.6 Å². The maximum Gasteiger partial charge on any atom is 0.310 e. The molecule has 0 saturated heterocycles. The van der Waals surface area contributed by atoms with Gasteiger partial charge in [-0.2, -0.15) is 0 Å². The second-order valence-corrected chi connectivity index (χ2v) is 5.13. The first-order chi connectivity index (χ1) is 10.3. The molecular weight excluding hydrogens is 264 g/mol. The fourth-order valence-corrected chi connectivity index (χ4v) is 2.61. The van der Waals surface area contributed by atoms with E-state index in [0.717, 1.165) is 35.5 Å². The van der Waals surface area contributed by atoms with E-state index in [4.69, 9.17) is 9.47 Å². The lowest BCUT2D eigenvalue weighted by Gasteiger charge is -2.10. The number of carbonyl (C=O) groups is 1. The molecule has 1 heterocycles. The zero-order chi connectivity index (χ0) is 14.7. The fourth-order valence-electron chi connectivity index (χ4n) is 2.61. The number of para-hydroxylation sites is 1. The van der Waals surface area contributed by atoms with Crippen molar-refractivity contribution < 1.29 is 14.3 Å². The number of aryl methyl sites for hydroxylation is 2. The lowest BCUT2D eigenvalue weighted by Crippen LogP contribution is -2.07. The van der Waals surface area contributed by atoms with Gasteiger partial charge in [0.2, 0.25) is 0 Å². The topological polar surface area (TPSA) is 35.5 Å². The maximum atomic E-state index is 11.6. The summed E-state index contributed by atoms with van der Waals surface area (Å²) in [4.78, 5) is 11.6. The van der Waals surface area contributed by atoms with Gasteiger partial charge in [0.05, 0.1) is 13.0 Å². The third-order valence-corrected chi connectivity index (χ3v) is 3.63. The first kappa shape index (κ1) is 13.7. The quantitative estimate of drug-likeness (QED) is 0.806. The largest absolute Gasteiger partial charge is 0.466 e. The third kappa shape index (κ3) is 3.07. The van der Waals surface area contributed by atoms with E-state index in [1.165, 1.54) is 5.56 Å². The van der Waals surface area contributed by atoms with Gasteiger partial charge in [-0.05, 0) is 48.6 Å². The van der Waals surface area contributed by atoms with Crippen LogP contribution in [0, 0.1) is 0 Å². The molecule has 0 spiro atoms. The molecule has 0 aromatic heterocycles. The average Bonchev–Trinajstić information content (AvgIpc) is 2.66. The van der Waals surface area contributed by atoms with E-state index < -0.39 is 0 Å². The standard InChI is InChI=1S/C18H18O3/c1-2-20-18(19)12-13-7-10-17-15(11-13)9-8-14-5-3-4-6-16(14)21-17/h3-7,10-11H,2,8-9,12H2,1H3. The Labute approximate surface area is 124 Å². The van der Waals surface area contributed by atoms with Gasteiger partial charge in [-0.3, -0.25) is 4.79 Å². The number of carbonyl (C=O) groups excluding carboxylic acids is 1. The molecular formula is C18H18O3. The second kappa shape index (κ2) is 6.00. The predicted molar refractivity (Wildman–Crippen MR) is 80.7 cm³/mol. The second-order valence-electron chi connectivity index (χ2n) is 5.13. The van der Waals surface area contributed by atoms with Crippen LogP contribution >= 0.6 is 0 Å². The molecule has 3 heteroatoms. The summed E-state index contributed by atoms with van der Waals surface area (Å²) in [7, 11) is 0. The minimum Gasteiger partial charge on any atom is -0.466 e. The fraction of sp³-hybridized carbons (Fsp3) is 0.278. The van der Waals surface area contributed by atoms with Crippen molar-refractivity contribution >= 4 is 5.97 Å². The van der Waals surface area contributed by atoms with Gasteiger partial charge >= 0.3 is 5.97 Å². The van der Waals surface area contributed by atoms with E-state index in [9.17, 15) is 4.79 Å². The molecule has 1 aliphatic heterocycles. The summed E-state index contributed by atoms with van der Waals surface area (Å²) in [6.07, 6.45) is 2.18. The van der Waals surface area contributed by atoms with Crippen LogP contribution in [0.25, 0.3) is 0 Å². The van der Waals surface area contributed by atoms with Gasteiger partial charge in [0, 0.05) is 0 Å². The van der Waals surface area contributed by atoms with Crippen molar-refractivity contribution in [3.63, 3.8) is 0 Å². The van der Waals surface area contributed by atoms with Gasteiger partial charge in [-0.15, -0.1) is 0 Å². The molecule has 0 N–H and O–H groups in total. The highest BCUT2D eigenvalue weighted by atomic mass is 16.5. The molecule has 2 aromatic rings. The van der Waals surface area contributed by atoms with Crippen LogP contribution in [0.2, 0.25) is 0 Å². The molecule has 0 fully saturated rings. The van der Waals surface area contributed by atoms with Crippen molar-refractivity contribution in [2.24, 2.45) is 0 Å². The Bertz CT molecular complexity index is 661. The molecule has 1 aliphatic rings. The predicted octanol–water partition coefficient (Wildman–Crippen LogP) is 3.68. The lowest BCUT2D eigenvalue weighted by atomic mass is 10.0. The Morgan fingerprint density at radius 2 is 1.86 bits per heavy atom. The molecule has 0 bridgehead atoms. The Kier molecular flexibility index (Phi) is 3.91. The van der Waals surface area contributed by atoms with Crippen molar-refractivity contribution in [3.8, 4) is 11.5 Å². The molecule has 0 amide bonds. The summed E-state index contributed by atoms with van der Waals surface area (Å²) in [6.45, 7) is 2.24. The van der Waals surface area contributed by atoms with Gasteiger partial charge in [0.1, 0.15) is 11.5 Å². The molecule has 2 aromatic carbocycles. The zero-order valence-electron chi connectivity index (χ0n) is 12.1. The van der Waals surface area contributed by atoms with Crippen molar-refractivity contribution in [2.45, 2.75) is 26.2 Å². The van der Waals surface area contributed by atoms with Crippen molar-refractivity contribution in [2.75, 3.05) is 6.61 Å². The normalized spacial score (nSPS) is 12.6. The third-order valence-electron chi connectivity index (χ3n) is 3.63. The van der Waals surface area contributed by atoms with Crippen LogP contribution in [0.15, 0.2) is 42.5 Å². The van der Waals surface area contributed by atoms with Crippen molar-refractivity contribution in [3.05, 3.63) is 59.2 Å². The smallest absolute Gasteiger partial charge is 0.310 e. The summed E-state index contributed by atoms with van der Waals surface area (Å²) >= 11 is 0. The van der Waals surface area contributed by atoms with E-state index in [2.05, 4.69) is 12.1 Å². The van der Waals surface area contributed by atoms with Gasteiger partial charge in [-0.1, -0.05) is 30.3 Å². The number of ether oxygens (including phenoxy) is 2. The van der Waals surface area contributed by atoms with Gasteiger partial charge in [-0.25, -0.2) is 0 Å². The highest BCUT2D eigenvalue weighted by Gasteiger charge is 2.15. The number of hydrogen-bond acceptors (Lipinski definition) is 3. The number of fused-ring (bicyclic) bond motifs is 2. The molecule has 0 unspecified atom stereocenters. The molecule has 0 radical (unpaired) electrons. The van der Waals surface area contributed by atoms with E-state index in [1.807, 2.05) is 37.3 Å². The highest BCUT2D eigenvalue weighted by molar-refractivity contribution is 5.72. The number of esters is 1. The van der Waals surface area contributed by atoms with E-state index >= 15 is 0 Å². The summed E-state index contributed by atoms with van der Waals surface area (Å²) in [5.74, 6) is 1.62. The molecule has 3 nitrogen and oxygen atoms in total. The molecule has 0 atom stereocenters. The molecule has 3 rings (SSSR count). The Hall–Kier alpha value is -2.29. The van der Waals surface area contributed by atoms with Crippen LogP contribution in [0.4, 0.5) is 0 Å². The minimum atomic E-state index is -0.185. The van der Waals surface area contributed by atoms with E-state index in [0.29, 0.717) is 13.0 Å². The van der Waals surface area contributed by atoms with Crippen molar-refractivity contribution in [1.82, 2.24) is 0 Å². The average molecular weight is 282 g/mol. The zero-order valence-corrected chi connectivity index (χ0v) is 12.1. The van der Waals surface area contributed by atoms with Crippen LogP contribution in [0.5, 0.6) is 11.5 Å². The van der Waals surface area contributed by atoms with Crippen LogP contribution < -0.4 is 4.74 Å². The highest BCUT2D eigenvalue weighted by Crippen LogP contribution is 2.33. The summed E-state index contributed by atoms with van der Waals surface area (Å²) < 4.78 is 11.0. The first-order valence-electron chi connectivity index (χ1n) is 7.29. The molecule has 21 heavy (non-hydrogen) atoms. The lowest BCUT2D eigenvalue weighted by molar-refractivity contribution is -0.142. The Morgan fingerprint density at radius 3 is 2.71 bits per heavy atom. The van der Waals surface area contributed by atoms with E-state index in [1.54, 1.807) is 0 Å². The maximum absolute atomic E-state index is 11.6. The SMILES string of the molecule is CCOC(=O)Cc1ccc2c(c1)CCc1ccccc1O2. The minimum absolute atomic E-state index is 0.185. The number of benzene rings is 2. The van der Waals surface area contributed by atoms with Gasteiger partial charge in [0.25, 0.3) is 0 Å². The number of rotatable bonds is 3. The Morgan fingerprint density at radius 1 is 1.10 bits per heavy atom. The molecule has 108 valence electrons. The summed E-state index contributed by atoms with van der Waals surface area (Å²) in [6, 6.07) is 14.1.